The molecule has 0 bridgehead atoms. The van der Waals surface area contributed by atoms with Gasteiger partial charge in [-0.3, -0.25) is 0 Å². The highest BCUT2D eigenvalue weighted by molar-refractivity contribution is 9.09. The number of rotatable bonds is 4. The minimum absolute atomic E-state index is 0.312. The molecule has 0 N–H and O–H groups in total. The van der Waals surface area contributed by atoms with Crippen molar-refractivity contribution < 1.29 is 8.78 Å². The van der Waals surface area contributed by atoms with E-state index in [1.165, 1.54) is 12.1 Å². The Balaban J connectivity index is 2.62. The van der Waals surface area contributed by atoms with Crippen molar-refractivity contribution in [2.75, 3.05) is 5.33 Å². The van der Waals surface area contributed by atoms with Gasteiger partial charge in [0.05, 0.1) is 0 Å². The molecule has 1 unspecified atom stereocenters. The summed E-state index contributed by atoms with van der Waals surface area (Å²) in [4.78, 5) is 0. The fourth-order valence-corrected chi connectivity index (χ4v) is 1.54. The zero-order chi connectivity index (χ0) is 10.6. The predicted molar refractivity (Wildman–Crippen MR) is 57.6 cm³/mol. The predicted octanol–water partition coefficient (Wildman–Crippen LogP) is 3.93. The molecule has 1 aromatic carbocycles. The summed E-state index contributed by atoms with van der Waals surface area (Å²) >= 11 is 3.35. The second-order valence-corrected chi connectivity index (χ2v) is 4.18. The van der Waals surface area contributed by atoms with Crippen LogP contribution in [-0.2, 0) is 6.42 Å². The smallest absolute Gasteiger partial charge is 0.126 e. The molecule has 0 nitrogen and oxygen atoms in total. The molecule has 0 amide bonds. The lowest BCUT2D eigenvalue weighted by Gasteiger charge is -2.07. The maximum Gasteiger partial charge on any atom is 0.126 e. The molecule has 0 fully saturated rings. The lowest BCUT2D eigenvalue weighted by atomic mass is 10.0. The molecule has 0 saturated carbocycles. The first-order valence-corrected chi connectivity index (χ1v) is 5.75. The Hall–Kier alpha value is -0.440. The van der Waals surface area contributed by atoms with Crippen LogP contribution in [0.2, 0.25) is 0 Å². The van der Waals surface area contributed by atoms with Gasteiger partial charge in [0.25, 0.3) is 0 Å². The highest BCUT2D eigenvalue weighted by atomic mass is 79.9. The molecule has 0 aliphatic carbocycles. The van der Waals surface area contributed by atoms with Gasteiger partial charge in [-0.25, -0.2) is 8.78 Å². The number of hydrogen-bond acceptors (Lipinski definition) is 0. The average Bonchev–Trinajstić information content (AvgIpc) is 2.19. The van der Waals surface area contributed by atoms with Crippen LogP contribution in [0.4, 0.5) is 8.78 Å². The highest BCUT2D eigenvalue weighted by Crippen LogP contribution is 2.15. The summed E-state index contributed by atoms with van der Waals surface area (Å²) in [5.74, 6) is -0.196. The molecule has 0 aliphatic heterocycles. The van der Waals surface area contributed by atoms with Crippen LogP contribution in [0.1, 0.15) is 18.9 Å². The van der Waals surface area contributed by atoms with Crippen LogP contribution < -0.4 is 0 Å². The topological polar surface area (TPSA) is 0 Å². The van der Waals surface area contributed by atoms with E-state index in [0.29, 0.717) is 17.9 Å². The highest BCUT2D eigenvalue weighted by Gasteiger charge is 2.06. The lowest BCUT2D eigenvalue weighted by Crippen LogP contribution is -2.00. The van der Waals surface area contributed by atoms with Gasteiger partial charge in [-0.1, -0.05) is 22.9 Å². The van der Waals surface area contributed by atoms with Crippen LogP contribution in [0.25, 0.3) is 0 Å². The van der Waals surface area contributed by atoms with Crippen LogP contribution in [0.3, 0.4) is 0 Å². The molecule has 14 heavy (non-hydrogen) atoms. The van der Waals surface area contributed by atoms with Crippen molar-refractivity contribution in [3.8, 4) is 0 Å². The van der Waals surface area contributed by atoms with Crippen molar-refractivity contribution in [1.82, 2.24) is 0 Å². The fraction of sp³-hybridized carbons (Fsp3) is 0.455. The molecule has 1 rings (SSSR count). The van der Waals surface area contributed by atoms with Crippen LogP contribution in [0, 0.1) is 17.6 Å². The van der Waals surface area contributed by atoms with Crippen LogP contribution in [0.15, 0.2) is 18.2 Å². The largest absolute Gasteiger partial charge is 0.207 e. The zero-order valence-corrected chi connectivity index (χ0v) is 9.65. The van der Waals surface area contributed by atoms with Crippen LogP contribution in [0.5, 0.6) is 0 Å². The second kappa shape index (κ2) is 5.44. The average molecular weight is 263 g/mol. The Labute approximate surface area is 91.5 Å². The third kappa shape index (κ3) is 3.37. The van der Waals surface area contributed by atoms with Gasteiger partial charge in [-0.05, 0) is 42.5 Å². The molecule has 3 heteroatoms. The van der Waals surface area contributed by atoms with E-state index in [1.807, 2.05) is 0 Å². The molecule has 0 heterocycles. The second-order valence-electron chi connectivity index (χ2n) is 3.53. The molecule has 0 aromatic heterocycles. The zero-order valence-electron chi connectivity index (χ0n) is 8.06. The number of halogens is 3. The molecular formula is C11H13BrF2. The van der Waals surface area contributed by atoms with E-state index in [9.17, 15) is 8.78 Å². The van der Waals surface area contributed by atoms with E-state index in [2.05, 4.69) is 22.9 Å². The van der Waals surface area contributed by atoms with Crippen LogP contribution >= 0.6 is 15.9 Å². The Morgan fingerprint density at radius 1 is 1.36 bits per heavy atom. The minimum atomic E-state index is -0.368. The summed E-state index contributed by atoms with van der Waals surface area (Å²) in [7, 11) is 0. The fourth-order valence-electron chi connectivity index (χ4n) is 1.21. The van der Waals surface area contributed by atoms with E-state index >= 15 is 0 Å². The minimum Gasteiger partial charge on any atom is -0.207 e. The van der Waals surface area contributed by atoms with Crippen molar-refractivity contribution in [2.45, 2.75) is 19.8 Å². The summed E-state index contributed by atoms with van der Waals surface area (Å²) in [5.41, 5.74) is 0.470. The van der Waals surface area contributed by atoms with E-state index < -0.39 is 0 Å². The van der Waals surface area contributed by atoms with Gasteiger partial charge in [0.1, 0.15) is 11.6 Å². The summed E-state index contributed by atoms with van der Waals surface area (Å²) in [6, 6.07) is 3.60. The van der Waals surface area contributed by atoms with E-state index in [0.717, 1.165) is 17.8 Å². The van der Waals surface area contributed by atoms with Crippen molar-refractivity contribution in [2.24, 2.45) is 5.92 Å². The van der Waals surface area contributed by atoms with Gasteiger partial charge in [-0.15, -0.1) is 0 Å². The number of aryl methyl sites for hydroxylation is 1. The van der Waals surface area contributed by atoms with Gasteiger partial charge < -0.3 is 0 Å². The number of alkyl halides is 1. The van der Waals surface area contributed by atoms with Crippen molar-refractivity contribution in [1.29, 1.82) is 0 Å². The van der Waals surface area contributed by atoms with E-state index in [-0.39, 0.29) is 11.6 Å². The third-order valence-electron chi connectivity index (χ3n) is 2.18. The lowest BCUT2D eigenvalue weighted by molar-refractivity contribution is 0.554. The summed E-state index contributed by atoms with van der Waals surface area (Å²) in [6.07, 6.45) is 1.46. The van der Waals surface area contributed by atoms with Crippen molar-refractivity contribution in [3.05, 3.63) is 35.4 Å². The van der Waals surface area contributed by atoms with Crippen molar-refractivity contribution in [3.63, 3.8) is 0 Å². The molecule has 1 aromatic rings. The molecule has 0 saturated heterocycles. The maximum absolute atomic E-state index is 13.1. The standard InChI is InChI=1S/C11H13BrF2/c1-8(7-12)2-3-9-6-10(13)4-5-11(9)14/h4-6,8H,2-3,7H2,1H3. The van der Waals surface area contributed by atoms with Gasteiger partial charge in [0, 0.05) is 5.33 Å². The maximum atomic E-state index is 13.1. The quantitative estimate of drug-likeness (QED) is 0.722. The first-order valence-electron chi connectivity index (χ1n) is 4.63. The number of benzene rings is 1. The third-order valence-corrected chi connectivity index (χ3v) is 3.28. The Morgan fingerprint density at radius 2 is 2.07 bits per heavy atom. The molecule has 1 atom stereocenters. The van der Waals surface area contributed by atoms with Gasteiger partial charge in [-0.2, -0.15) is 0 Å². The molecule has 0 aliphatic rings. The first kappa shape index (κ1) is 11.6. The van der Waals surface area contributed by atoms with Gasteiger partial charge >= 0.3 is 0 Å². The summed E-state index contributed by atoms with van der Waals surface area (Å²) in [5, 5.41) is 0.893. The van der Waals surface area contributed by atoms with Crippen LogP contribution in [-0.4, -0.2) is 5.33 Å². The Morgan fingerprint density at radius 3 is 2.71 bits per heavy atom. The molecule has 0 spiro atoms. The normalized spacial score (nSPS) is 12.9. The molecule has 0 radical (unpaired) electrons. The number of hydrogen-bond donors (Lipinski definition) is 0. The van der Waals surface area contributed by atoms with E-state index in [4.69, 9.17) is 0 Å². The summed E-state index contributed by atoms with van der Waals surface area (Å²) in [6.45, 7) is 2.08. The SMILES string of the molecule is CC(CBr)CCc1cc(F)ccc1F. The van der Waals surface area contributed by atoms with Gasteiger partial charge in [0.2, 0.25) is 0 Å². The molecule has 78 valence electrons. The monoisotopic (exact) mass is 262 g/mol. The Kier molecular flexibility index (Phi) is 4.52. The Bertz CT molecular complexity index is 299. The summed E-state index contributed by atoms with van der Waals surface area (Å²) < 4.78 is 25.9. The van der Waals surface area contributed by atoms with Gasteiger partial charge in [0.15, 0.2) is 0 Å². The first-order chi connectivity index (χ1) is 6.63. The molecular weight excluding hydrogens is 250 g/mol. The van der Waals surface area contributed by atoms with Crippen molar-refractivity contribution >= 4 is 15.9 Å². The van der Waals surface area contributed by atoms with E-state index in [1.54, 1.807) is 0 Å².